The van der Waals surface area contributed by atoms with E-state index in [4.69, 9.17) is 16.8 Å². The molecule has 1 amide bonds. The topological polar surface area (TPSA) is 61.7 Å². The smallest absolute Gasteiger partial charge is 0.270 e. The number of carbonyl (C=O) groups excluding carboxylic acids is 1. The summed E-state index contributed by atoms with van der Waals surface area (Å²) in [4.78, 5) is 11.0. The maximum absolute atomic E-state index is 11.0. The number of anilines is 1. The second-order valence-corrected chi connectivity index (χ2v) is 3.82. The fourth-order valence-corrected chi connectivity index (χ4v) is 1.49. The molecule has 0 fully saturated rings. The summed E-state index contributed by atoms with van der Waals surface area (Å²) in [7, 11) is 0. The summed E-state index contributed by atoms with van der Waals surface area (Å²) in [6.45, 7) is 0. The Kier molecular flexibility index (Phi) is 4.15. The summed E-state index contributed by atoms with van der Waals surface area (Å²) < 4.78 is 0.742. The average molecular weight is 325 g/mol. The maximum atomic E-state index is 11.0. The molecule has 0 atom stereocenters. The van der Waals surface area contributed by atoms with E-state index >= 15 is 0 Å². The third-order valence-corrected chi connectivity index (χ3v) is 3.18. The number of rotatable bonds is 2. The molecule has 0 unspecified atom stereocenters. The van der Waals surface area contributed by atoms with Crippen LogP contribution in [0.3, 0.4) is 0 Å². The van der Waals surface area contributed by atoms with Crippen molar-refractivity contribution in [3.63, 3.8) is 0 Å². The van der Waals surface area contributed by atoms with Gasteiger partial charge in [-0.25, -0.2) is 0 Å². The number of nitrogens with zero attached hydrogens (tertiary/aromatic N) is 1. The summed E-state index contributed by atoms with van der Waals surface area (Å²) in [6.07, 6.45) is 0.775. The summed E-state index contributed by atoms with van der Waals surface area (Å²) in [6, 6.07) is 5.14. The number of nitrogens with one attached hydrogen (secondary N) is 1. The van der Waals surface area contributed by atoms with Crippen molar-refractivity contribution in [1.29, 1.82) is 0 Å². The number of hydrogen-bond acceptors (Lipinski definition) is 3. The molecule has 1 aromatic rings. The van der Waals surface area contributed by atoms with Crippen LogP contribution < -0.4 is 5.32 Å². The molecule has 0 aliphatic carbocycles. The fraction of sp³-hybridized carbons (Fsp3) is 0. The minimum absolute atomic E-state index is 0.507. The zero-order valence-corrected chi connectivity index (χ0v) is 9.78. The van der Waals surface area contributed by atoms with Gasteiger partial charge in [0.05, 0.1) is 14.3 Å². The molecule has 0 aromatic heterocycles. The molecule has 0 bridgehead atoms. The van der Waals surface area contributed by atoms with Gasteiger partial charge in [0.25, 0.3) is 5.91 Å². The van der Waals surface area contributed by atoms with Crippen LogP contribution in [0, 0.1) is 3.57 Å². The van der Waals surface area contributed by atoms with Gasteiger partial charge >= 0.3 is 0 Å². The third kappa shape index (κ3) is 2.85. The van der Waals surface area contributed by atoms with Gasteiger partial charge in [-0.1, -0.05) is 22.8 Å². The Labute approximate surface area is 99.1 Å². The molecule has 4 nitrogen and oxygen atoms in total. The SMILES string of the molecule is O=C(C=NO)Nc1cccc(Cl)c1I. The van der Waals surface area contributed by atoms with Crippen LogP contribution in [0.5, 0.6) is 0 Å². The van der Waals surface area contributed by atoms with E-state index in [2.05, 4.69) is 10.5 Å². The van der Waals surface area contributed by atoms with Gasteiger partial charge in [-0.15, -0.1) is 0 Å². The molecule has 1 rings (SSSR count). The Morgan fingerprint density at radius 3 is 3.00 bits per heavy atom. The summed E-state index contributed by atoms with van der Waals surface area (Å²) in [5, 5.41) is 13.8. The third-order valence-electron chi connectivity index (χ3n) is 1.38. The number of amides is 1. The van der Waals surface area contributed by atoms with E-state index in [0.29, 0.717) is 10.7 Å². The minimum Gasteiger partial charge on any atom is -0.411 e. The van der Waals surface area contributed by atoms with E-state index in [9.17, 15) is 4.79 Å². The normalized spacial score (nSPS) is 10.4. The van der Waals surface area contributed by atoms with Crippen molar-refractivity contribution >= 4 is 52.0 Å². The first-order valence-corrected chi connectivity index (χ1v) is 5.03. The molecule has 6 heteroatoms. The Hall–Kier alpha value is -0.820. The highest BCUT2D eigenvalue weighted by Gasteiger charge is 2.05. The number of oxime groups is 1. The molecule has 0 heterocycles. The lowest BCUT2D eigenvalue weighted by molar-refractivity contribution is -0.110. The van der Waals surface area contributed by atoms with Crippen molar-refractivity contribution in [2.24, 2.45) is 5.16 Å². The number of carbonyl (C=O) groups is 1. The van der Waals surface area contributed by atoms with E-state index in [1.165, 1.54) is 0 Å². The number of halogens is 2. The standard InChI is InChI=1S/C8H6ClIN2O2/c9-5-2-1-3-6(8(5)10)12-7(13)4-11-14/h1-4,14H,(H,12,13). The molecule has 1 aromatic carbocycles. The molecular formula is C8H6ClIN2O2. The monoisotopic (exact) mass is 324 g/mol. The summed E-state index contributed by atoms with van der Waals surface area (Å²) in [5.74, 6) is -0.507. The largest absolute Gasteiger partial charge is 0.411 e. The molecule has 74 valence electrons. The van der Waals surface area contributed by atoms with E-state index in [1.807, 2.05) is 22.6 Å². The quantitative estimate of drug-likeness (QED) is 0.380. The highest BCUT2D eigenvalue weighted by atomic mass is 127. The first-order chi connectivity index (χ1) is 6.65. The maximum Gasteiger partial charge on any atom is 0.270 e. The minimum atomic E-state index is -0.507. The molecule has 0 aliphatic heterocycles. The predicted octanol–water partition coefficient (Wildman–Crippen LogP) is 2.34. The zero-order chi connectivity index (χ0) is 10.6. The van der Waals surface area contributed by atoms with Crippen LogP contribution in [0.2, 0.25) is 5.02 Å². The number of hydrogen-bond donors (Lipinski definition) is 2. The Bertz CT molecular complexity index is 382. The molecule has 0 saturated heterocycles. The van der Waals surface area contributed by atoms with Crippen LogP contribution in [-0.4, -0.2) is 17.3 Å². The van der Waals surface area contributed by atoms with Crippen LogP contribution in [0.15, 0.2) is 23.4 Å². The summed E-state index contributed by atoms with van der Waals surface area (Å²) in [5.41, 5.74) is 0.586. The molecule has 0 saturated carbocycles. The second-order valence-electron chi connectivity index (χ2n) is 2.34. The van der Waals surface area contributed by atoms with Gasteiger partial charge < -0.3 is 10.5 Å². The van der Waals surface area contributed by atoms with Gasteiger partial charge in [0.15, 0.2) is 0 Å². The van der Waals surface area contributed by atoms with Gasteiger partial charge in [-0.05, 0) is 34.7 Å². The Balaban J connectivity index is 2.87. The Morgan fingerprint density at radius 1 is 1.64 bits per heavy atom. The zero-order valence-electron chi connectivity index (χ0n) is 6.87. The molecule has 0 radical (unpaired) electrons. The van der Waals surface area contributed by atoms with E-state index < -0.39 is 5.91 Å². The predicted molar refractivity (Wildman–Crippen MR) is 63.1 cm³/mol. The summed E-state index contributed by atoms with van der Waals surface area (Å²) >= 11 is 7.85. The lowest BCUT2D eigenvalue weighted by Crippen LogP contribution is -2.13. The van der Waals surface area contributed by atoms with Crippen molar-refractivity contribution in [2.75, 3.05) is 5.32 Å². The van der Waals surface area contributed by atoms with Gasteiger partial charge in [0.1, 0.15) is 6.21 Å². The molecular weight excluding hydrogens is 318 g/mol. The van der Waals surface area contributed by atoms with Gasteiger partial charge in [0, 0.05) is 0 Å². The molecule has 2 N–H and O–H groups in total. The lowest BCUT2D eigenvalue weighted by atomic mass is 10.3. The van der Waals surface area contributed by atoms with Crippen molar-refractivity contribution in [2.45, 2.75) is 0 Å². The van der Waals surface area contributed by atoms with E-state index in [0.717, 1.165) is 9.78 Å². The van der Waals surface area contributed by atoms with Crippen molar-refractivity contribution in [3.8, 4) is 0 Å². The first kappa shape index (κ1) is 11.3. The highest BCUT2D eigenvalue weighted by Crippen LogP contribution is 2.25. The molecule has 14 heavy (non-hydrogen) atoms. The van der Waals surface area contributed by atoms with Crippen LogP contribution in [-0.2, 0) is 4.79 Å². The van der Waals surface area contributed by atoms with Crippen LogP contribution in [0.1, 0.15) is 0 Å². The van der Waals surface area contributed by atoms with Crippen molar-refractivity contribution in [3.05, 3.63) is 26.8 Å². The first-order valence-electron chi connectivity index (χ1n) is 3.57. The van der Waals surface area contributed by atoms with Crippen molar-refractivity contribution < 1.29 is 10.0 Å². The number of benzene rings is 1. The molecule has 0 aliphatic rings. The van der Waals surface area contributed by atoms with Crippen LogP contribution in [0.25, 0.3) is 0 Å². The highest BCUT2D eigenvalue weighted by molar-refractivity contribution is 14.1. The average Bonchev–Trinajstić information content (AvgIpc) is 2.13. The fourth-order valence-electron chi connectivity index (χ4n) is 0.818. The van der Waals surface area contributed by atoms with Crippen molar-refractivity contribution in [1.82, 2.24) is 0 Å². The van der Waals surface area contributed by atoms with Crippen LogP contribution >= 0.6 is 34.2 Å². The van der Waals surface area contributed by atoms with Crippen LogP contribution in [0.4, 0.5) is 5.69 Å². The van der Waals surface area contributed by atoms with Gasteiger partial charge in [0.2, 0.25) is 0 Å². The second kappa shape index (κ2) is 5.16. The van der Waals surface area contributed by atoms with E-state index in [1.54, 1.807) is 18.2 Å². The van der Waals surface area contributed by atoms with Gasteiger partial charge in [-0.2, -0.15) is 0 Å². The molecule has 0 spiro atoms. The lowest BCUT2D eigenvalue weighted by Gasteiger charge is -2.05. The van der Waals surface area contributed by atoms with E-state index in [-0.39, 0.29) is 0 Å². The Morgan fingerprint density at radius 2 is 2.36 bits per heavy atom. The van der Waals surface area contributed by atoms with Gasteiger partial charge in [-0.3, -0.25) is 4.79 Å².